The molecule has 2 aromatic carbocycles. The molecule has 43 heavy (non-hydrogen) atoms. The van der Waals surface area contributed by atoms with Crippen LogP contribution in [0.2, 0.25) is 0 Å². The number of carbonyl (C=O) groups is 2. The van der Waals surface area contributed by atoms with Gasteiger partial charge in [0.05, 0.1) is 18.4 Å². The Hall–Kier alpha value is -3.47. The van der Waals surface area contributed by atoms with Gasteiger partial charge in [-0.1, -0.05) is 65.0 Å². The van der Waals surface area contributed by atoms with Crippen molar-refractivity contribution < 1.29 is 27.9 Å². The molecule has 0 aliphatic carbocycles. The number of amides is 2. The monoisotopic (exact) mass is 616 g/mol. The summed E-state index contributed by atoms with van der Waals surface area (Å²) in [6.07, 6.45) is 7.47. The Kier molecular flexibility index (Phi) is 11.7. The van der Waals surface area contributed by atoms with Gasteiger partial charge < -0.3 is 20.1 Å². The molecule has 0 atom stereocenters. The average molecular weight is 617 g/mol. The molecule has 238 valence electrons. The number of carbonyl (C=O) groups excluding carboxylic acids is 2. The fourth-order valence-corrected chi connectivity index (χ4v) is 6.70. The summed E-state index contributed by atoms with van der Waals surface area (Å²) in [6, 6.07) is 6.43. The van der Waals surface area contributed by atoms with E-state index >= 15 is 0 Å². The second-order valence-electron chi connectivity index (χ2n) is 12.2. The number of para-hydroxylation sites is 1. The molecule has 1 heterocycles. The number of rotatable bonds is 15. The van der Waals surface area contributed by atoms with Crippen LogP contribution in [0.3, 0.4) is 0 Å². The van der Waals surface area contributed by atoms with Crippen molar-refractivity contribution in [3.8, 4) is 5.75 Å². The molecule has 2 amide bonds. The molecule has 0 radical (unpaired) electrons. The Morgan fingerprint density at radius 2 is 1.72 bits per heavy atom. The summed E-state index contributed by atoms with van der Waals surface area (Å²) in [5, 5.41) is 13.1. The highest BCUT2D eigenvalue weighted by Gasteiger charge is 2.32. The molecule has 0 saturated heterocycles. The summed E-state index contributed by atoms with van der Waals surface area (Å²) in [5.74, 6) is -0.433. The number of aromatic hydroxyl groups is 1. The highest BCUT2D eigenvalue weighted by molar-refractivity contribution is 7.91. The zero-order valence-corrected chi connectivity index (χ0v) is 27.2. The number of nitrogens with one attached hydrogen (secondary N) is 3. The molecular weight excluding hydrogens is 568 g/mol. The minimum absolute atomic E-state index is 0.0761. The van der Waals surface area contributed by atoms with Crippen LogP contribution in [0.4, 0.5) is 16.2 Å². The van der Waals surface area contributed by atoms with Crippen molar-refractivity contribution in [1.29, 1.82) is 0 Å². The van der Waals surface area contributed by atoms with E-state index in [-0.39, 0.29) is 17.2 Å². The van der Waals surface area contributed by atoms with Crippen molar-refractivity contribution in [1.82, 2.24) is 10.0 Å². The van der Waals surface area contributed by atoms with Crippen molar-refractivity contribution in [3.63, 3.8) is 0 Å². The van der Waals surface area contributed by atoms with Gasteiger partial charge in [-0.25, -0.2) is 9.52 Å². The summed E-state index contributed by atoms with van der Waals surface area (Å²) < 4.78 is 34.6. The summed E-state index contributed by atoms with van der Waals surface area (Å²) in [6.45, 7) is 12.2. The molecule has 1 aliphatic heterocycles. The Morgan fingerprint density at radius 1 is 1.05 bits per heavy atom. The van der Waals surface area contributed by atoms with E-state index in [2.05, 4.69) is 40.4 Å². The number of hydrogen-bond acceptors (Lipinski definition) is 7. The molecule has 2 aromatic rings. The second kappa shape index (κ2) is 14.8. The Morgan fingerprint density at radius 3 is 2.40 bits per heavy atom. The van der Waals surface area contributed by atoms with Crippen LogP contribution in [-0.2, 0) is 27.8 Å². The van der Waals surface area contributed by atoms with Crippen molar-refractivity contribution in [2.75, 3.05) is 36.4 Å². The number of fused-ring (bicyclic) bond motifs is 1. The minimum Gasteiger partial charge on any atom is -0.507 e. The van der Waals surface area contributed by atoms with Crippen molar-refractivity contribution in [2.24, 2.45) is 5.41 Å². The van der Waals surface area contributed by atoms with E-state index in [1.54, 1.807) is 18.2 Å². The molecule has 1 aliphatic rings. The largest absolute Gasteiger partial charge is 0.507 e. The van der Waals surface area contributed by atoms with Crippen LogP contribution in [0.25, 0.3) is 0 Å². The average Bonchev–Trinajstić information content (AvgIpc) is 3.38. The lowest BCUT2D eigenvalue weighted by molar-refractivity contribution is 0.0933. The topological polar surface area (TPSA) is 137 Å². The van der Waals surface area contributed by atoms with Gasteiger partial charge in [0, 0.05) is 25.3 Å². The van der Waals surface area contributed by atoms with Gasteiger partial charge in [-0.15, -0.1) is 0 Å². The van der Waals surface area contributed by atoms with Crippen LogP contribution in [0, 0.1) is 19.3 Å². The highest BCUT2D eigenvalue weighted by atomic mass is 32.2. The van der Waals surface area contributed by atoms with E-state index in [4.69, 9.17) is 0 Å². The molecule has 10 nitrogen and oxygen atoms in total. The van der Waals surface area contributed by atoms with Gasteiger partial charge >= 0.3 is 16.3 Å². The number of ether oxygens (including phenoxy) is 1. The van der Waals surface area contributed by atoms with E-state index in [9.17, 15) is 23.1 Å². The highest BCUT2D eigenvalue weighted by Crippen LogP contribution is 2.44. The molecule has 0 aromatic heterocycles. The first-order valence-electron chi connectivity index (χ1n) is 15.1. The smallest absolute Gasteiger partial charge is 0.422 e. The molecule has 0 bridgehead atoms. The lowest BCUT2D eigenvalue weighted by atomic mass is 9.81. The number of anilines is 2. The predicted molar refractivity (Wildman–Crippen MR) is 171 cm³/mol. The first kappa shape index (κ1) is 34.0. The molecule has 0 unspecified atom stereocenters. The molecular formula is C32H48N4O6S. The third kappa shape index (κ3) is 9.01. The quantitative estimate of drug-likeness (QED) is 0.187. The maximum absolute atomic E-state index is 12.9. The standard InChI is InChI=1S/C32H48N4O6S/c1-7-8-9-10-11-14-18-36-19-17-24-22(2)28(34-43(40,41)35-31(39)42-6)23(3)26(29(24)36)20-32(4,5)21-33-30(38)25-15-12-13-16-27(25)37/h12-13,15-16,34,37H,7-11,14,17-21H2,1-6H3,(H,33,38)(H,35,39). The van der Waals surface area contributed by atoms with E-state index < -0.39 is 21.7 Å². The van der Waals surface area contributed by atoms with E-state index in [0.717, 1.165) is 61.0 Å². The van der Waals surface area contributed by atoms with Crippen LogP contribution in [0.15, 0.2) is 24.3 Å². The van der Waals surface area contributed by atoms with Crippen molar-refractivity contribution in [3.05, 3.63) is 52.1 Å². The first-order valence-corrected chi connectivity index (χ1v) is 16.6. The van der Waals surface area contributed by atoms with Crippen LogP contribution in [-0.4, -0.2) is 52.3 Å². The SMILES string of the molecule is CCCCCCCCN1CCc2c(C)c(NS(=O)(=O)NC(=O)OC)c(C)c(CC(C)(C)CNC(=O)c3ccccc3O)c21. The van der Waals surface area contributed by atoms with Gasteiger partial charge in [-0.2, -0.15) is 8.42 Å². The van der Waals surface area contributed by atoms with E-state index in [1.807, 2.05) is 18.6 Å². The Bertz CT molecular complexity index is 1410. The van der Waals surface area contributed by atoms with Crippen molar-refractivity contribution >= 4 is 33.6 Å². The van der Waals surface area contributed by atoms with E-state index in [1.165, 1.54) is 38.2 Å². The molecule has 0 fully saturated rings. The first-order chi connectivity index (χ1) is 20.3. The predicted octanol–water partition coefficient (Wildman–Crippen LogP) is 5.74. The second-order valence-corrected chi connectivity index (χ2v) is 13.6. The number of phenols is 1. The van der Waals surface area contributed by atoms with Gasteiger partial charge in [0.2, 0.25) is 0 Å². The third-order valence-corrected chi connectivity index (χ3v) is 9.04. The van der Waals surface area contributed by atoms with Crippen LogP contribution >= 0.6 is 0 Å². The fraction of sp³-hybridized carbons (Fsp3) is 0.562. The fourth-order valence-electron chi connectivity index (χ4n) is 5.78. The number of methoxy groups -OCH3 is 1. The number of phenolic OH excluding ortho intramolecular Hbond substituents is 1. The number of unbranched alkanes of at least 4 members (excludes halogenated alkanes) is 5. The zero-order valence-electron chi connectivity index (χ0n) is 26.4. The molecule has 11 heteroatoms. The molecule has 3 rings (SSSR count). The van der Waals surface area contributed by atoms with Crippen LogP contribution in [0.1, 0.15) is 91.9 Å². The summed E-state index contributed by atoms with van der Waals surface area (Å²) in [5.41, 5.74) is 5.11. The van der Waals surface area contributed by atoms with Gasteiger partial charge in [-0.3, -0.25) is 9.52 Å². The van der Waals surface area contributed by atoms with Gasteiger partial charge in [0.1, 0.15) is 5.75 Å². The lowest BCUT2D eigenvalue weighted by Gasteiger charge is -2.32. The summed E-state index contributed by atoms with van der Waals surface area (Å²) in [4.78, 5) is 27.0. The normalized spacial score (nSPS) is 13.0. The lowest BCUT2D eigenvalue weighted by Crippen LogP contribution is -2.36. The van der Waals surface area contributed by atoms with Gasteiger partial charge in [-0.05, 0) is 72.9 Å². The molecule has 0 saturated carbocycles. The maximum Gasteiger partial charge on any atom is 0.422 e. The Balaban J connectivity index is 1.93. The number of benzene rings is 2. The van der Waals surface area contributed by atoms with Gasteiger partial charge in [0.25, 0.3) is 5.91 Å². The summed E-state index contributed by atoms with van der Waals surface area (Å²) in [7, 11) is -3.13. The number of nitrogens with zero attached hydrogens (tertiary/aromatic N) is 1. The van der Waals surface area contributed by atoms with E-state index in [0.29, 0.717) is 18.7 Å². The summed E-state index contributed by atoms with van der Waals surface area (Å²) >= 11 is 0. The molecule has 4 N–H and O–H groups in total. The van der Waals surface area contributed by atoms with Crippen LogP contribution in [0.5, 0.6) is 5.75 Å². The van der Waals surface area contributed by atoms with Crippen LogP contribution < -0.4 is 19.7 Å². The van der Waals surface area contributed by atoms with Gasteiger partial charge in [0.15, 0.2) is 0 Å². The Labute approximate surface area is 256 Å². The molecule has 0 spiro atoms. The zero-order chi connectivity index (χ0) is 31.8. The maximum atomic E-state index is 12.9. The van der Waals surface area contributed by atoms with Crippen molar-refractivity contribution in [2.45, 2.75) is 86.0 Å². The number of hydrogen-bond donors (Lipinski definition) is 4. The third-order valence-electron chi connectivity index (χ3n) is 8.13. The minimum atomic E-state index is -4.23.